The lowest BCUT2D eigenvalue weighted by molar-refractivity contribution is -0.0512. The van der Waals surface area contributed by atoms with E-state index in [2.05, 4.69) is 17.0 Å². The molecule has 2 rings (SSSR count). The van der Waals surface area contributed by atoms with Crippen LogP contribution < -0.4 is 14.8 Å². The Hall–Kier alpha value is -1.01. The number of rotatable bonds is 5. The van der Waals surface area contributed by atoms with E-state index in [9.17, 15) is 8.78 Å². The van der Waals surface area contributed by atoms with E-state index in [4.69, 9.17) is 4.74 Å². The first-order chi connectivity index (χ1) is 9.13. The van der Waals surface area contributed by atoms with Crippen LogP contribution >= 0.6 is 11.8 Å². The van der Waals surface area contributed by atoms with Gasteiger partial charge < -0.3 is 9.47 Å². The van der Waals surface area contributed by atoms with Gasteiger partial charge in [-0.3, -0.25) is 5.32 Å². The predicted octanol–water partition coefficient (Wildman–Crippen LogP) is 3.41. The molecule has 0 saturated carbocycles. The maximum atomic E-state index is 12.4. The molecule has 0 radical (unpaired) electrons. The molecule has 3 nitrogen and oxygen atoms in total. The Bertz CT molecular complexity index is 431. The highest BCUT2D eigenvalue weighted by Gasteiger charge is 2.25. The molecule has 1 aromatic rings. The standard InChI is InChI=1S/C13H17F2NO2S/c1-3-9-7-19-12(16-9)8-4-5-10(17-2)11(6-8)18-13(14)15/h4-6,9,12-13,16H,3,7H2,1-2H3. The molecule has 6 heteroatoms. The maximum absolute atomic E-state index is 12.4. The van der Waals surface area contributed by atoms with Crippen molar-refractivity contribution in [2.24, 2.45) is 0 Å². The van der Waals surface area contributed by atoms with Gasteiger partial charge in [0.1, 0.15) is 0 Å². The summed E-state index contributed by atoms with van der Waals surface area (Å²) in [5.74, 6) is 1.43. The Balaban J connectivity index is 2.18. The van der Waals surface area contributed by atoms with E-state index in [1.807, 2.05) is 6.07 Å². The van der Waals surface area contributed by atoms with Crippen molar-refractivity contribution in [3.63, 3.8) is 0 Å². The molecule has 0 bridgehead atoms. The Morgan fingerprint density at radius 1 is 1.42 bits per heavy atom. The van der Waals surface area contributed by atoms with E-state index < -0.39 is 6.61 Å². The minimum Gasteiger partial charge on any atom is -0.493 e. The van der Waals surface area contributed by atoms with Crippen LogP contribution in [0.2, 0.25) is 0 Å². The molecule has 2 atom stereocenters. The summed E-state index contributed by atoms with van der Waals surface area (Å²) >= 11 is 1.77. The Labute approximate surface area is 115 Å². The molecule has 1 aromatic carbocycles. The molecule has 1 heterocycles. The minimum atomic E-state index is -2.85. The van der Waals surface area contributed by atoms with Gasteiger partial charge in [-0.05, 0) is 24.1 Å². The van der Waals surface area contributed by atoms with Gasteiger partial charge in [-0.25, -0.2) is 0 Å². The monoisotopic (exact) mass is 289 g/mol. The van der Waals surface area contributed by atoms with Crippen LogP contribution in [0.15, 0.2) is 18.2 Å². The second kappa shape index (κ2) is 6.43. The zero-order chi connectivity index (χ0) is 13.8. The minimum absolute atomic E-state index is 0.0809. The number of thioether (sulfide) groups is 1. The molecule has 0 aliphatic carbocycles. The van der Waals surface area contributed by atoms with Crippen molar-refractivity contribution in [3.05, 3.63) is 23.8 Å². The van der Waals surface area contributed by atoms with Crippen LogP contribution in [0.3, 0.4) is 0 Å². The first-order valence-electron chi connectivity index (χ1n) is 6.14. The molecule has 1 saturated heterocycles. The lowest BCUT2D eigenvalue weighted by Crippen LogP contribution is -2.24. The van der Waals surface area contributed by atoms with Crippen LogP contribution in [0.5, 0.6) is 11.5 Å². The number of nitrogens with one attached hydrogen (secondary N) is 1. The summed E-state index contributed by atoms with van der Waals surface area (Å²) in [5.41, 5.74) is 0.928. The summed E-state index contributed by atoms with van der Waals surface area (Å²) in [7, 11) is 1.43. The Morgan fingerprint density at radius 2 is 2.21 bits per heavy atom. The average molecular weight is 289 g/mol. The van der Waals surface area contributed by atoms with Crippen molar-refractivity contribution in [1.29, 1.82) is 0 Å². The first-order valence-corrected chi connectivity index (χ1v) is 7.19. The summed E-state index contributed by atoms with van der Waals surface area (Å²) in [6.07, 6.45) is 1.06. The molecular formula is C13H17F2NO2S. The maximum Gasteiger partial charge on any atom is 0.387 e. The fourth-order valence-corrected chi connectivity index (χ4v) is 3.38. The van der Waals surface area contributed by atoms with Gasteiger partial charge in [0, 0.05) is 11.8 Å². The third-order valence-electron chi connectivity index (χ3n) is 3.05. The van der Waals surface area contributed by atoms with E-state index >= 15 is 0 Å². The van der Waals surface area contributed by atoms with Gasteiger partial charge in [-0.1, -0.05) is 13.0 Å². The van der Waals surface area contributed by atoms with Crippen molar-refractivity contribution < 1.29 is 18.3 Å². The molecule has 0 amide bonds. The summed E-state index contributed by atoms with van der Waals surface area (Å²) in [4.78, 5) is 0. The third kappa shape index (κ3) is 3.51. The van der Waals surface area contributed by atoms with Crippen molar-refractivity contribution in [1.82, 2.24) is 5.32 Å². The number of hydrogen-bond acceptors (Lipinski definition) is 4. The molecule has 0 spiro atoms. The highest BCUT2D eigenvalue weighted by Crippen LogP contribution is 2.38. The van der Waals surface area contributed by atoms with Crippen molar-refractivity contribution in [2.75, 3.05) is 12.9 Å². The third-order valence-corrected chi connectivity index (χ3v) is 4.39. The van der Waals surface area contributed by atoms with Crippen molar-refractivity contribution in [2.45, 2.75) is 31.4 Å². The second-order valence-electron chi connectivity index (χ2n) is 4.27. The van der Waals surface area contributed by atoms with Crippen LogP contribution in [0, 0.1) is 0 Å². The summed E-state index contributed by atoms with van der Waals surface area (Å²) in [6, 6.07) is 5.62. The highest BCUT2D eigenvalue weighted by molar-refractivity contribution is 7.99. The summed E-state index contributed by atoms with van der Waals surface area (Å²) in [5, 5.41) is 3.58. The van der Waals surface area contributed by atoms with Crippen LogP contribution in [-0.4, -0.2) is 25.5 Å². The molecule has 1 N–H and O–H groups in total. The van der Waals surface area contributed by atoms with E-state index in [0.717, 1.165) is 17.7 Å². The van der Waals surface area contributed by atoms with Crippen molar-refractivity contribution >= 4 is 11.8 Å². The molecule has 19 heavy (non-hydrogen) atoms. The van der Waals surface area contributed by atoms with Gasteiger partial charge in [0.2, 0.25) is 0 Å². The molecule has 0 aromatic heterocycles. The summed E-state index contributed by atoms with van der Waals surface area (Å²) in [6.45, 7) is -0.725. The molecule has 1 aliphatic heterocycles. The second-order valence-corrected chi connectivity index (χ2v) is 5.41. The van der Waals surface area contributed by atoms with E-state index in [1.165, 1.54) is 7.11 Å². The SMILES string of the molecule is CCC1CSC(c2ccc(OC)c(OC(F)F)c2)N1. The first kappa shape index (κ1) is 14.4. The lowest BCUT2D eigenvalue weighted by atomic mass is 10.1. The van der Waals surface area contributed by atoms with Crippen LogP contribution in [0.4, 0.5) is 8.78 Å². The average Bonchev–Trinajstić information content (AvgIpc) is 2.86. The van der Waals surface area contributed by atoms with Gasteiger partial charge in [0.15, 0.2) is 11.5 Å². The fourth-order valence-electron chi connectivity index (χ4n) is 2.00. The van der Waals surface area contributed by atoms with E-state index in [1.54, 1.807) is 23.9 Å². The van der Waals surface area contributed by atoms with Gasteiger partial charge in [-0.15, -0.1) is 11.8 Å². The number of halogens is 2. The zero-order valence-electron chi connectivity index (χ0n) is 10.9. The van der Waals surface area contributed by atoms with Crippen molar-refractivity contribution in [3.8, 4) is 11.5 Å². The summed E-state index contributed by atoms with van der Waals surface area (Å²) < 4.78 is 34.2. The van der Waals surface area contributed by atoms with Crippen LogP contribution in [0.1, 0.15) is 24.3 Å². The zero-order valence-corrected chi connectivity index (χ0v) is 11.7. The number of benzene rings is 1. The molecule has 2 unspecified atom stereocenters. The van der Waals surface area contributed by atoms with Gasteiger partial charge in [0.05, 0.1) is 12.5 Å². The van der Waals surface area contributed by atoms with E-state index in [-0.39, 0.29) is 11.1 Å². The Kier molecular flexibility index (Phi) is 4.87. The van der Waals surface area contributed by atoms with Gasteiger partial charge in [0.25, 0.3) is 0 Å². The quantitative estimate of drug-likeness (QED) is 0.900. The topological polar surface area (TPSA) is 30.5 Å². The Morgan fingerprint density at radius 3 is 2.79 bits per heavy atom. The number of methoxy groups -OCH3 is 1. The smallest absolute Gasteiger partial charge is 0.387 e. The number of alkyl halides is 2. The van der Waals surface area contributed by atoms with Gasteiger partial charge >= 0.3 is 6.61 Å². The molecular weight excluding hydrogens is 272 g/mol. The fraction of sp³-hybridized carbons (Fsp3) is 0.538. The normalized spacial score (nSPS) is 22.8. The number of hydrogen-bond donors (Lipinski definition) is 1. The van der Waals surface area contributed by atoms with E-state index in [0.29, 0.717) is 11.8 Å². The lowest BCUT2D eigenvalue weighted by Gasteiger charge is -2.15. The largest absolute Gasteiger partial charge is 0.493 e. The number of ether oxygens (including phenoxy) is 2. The predicted molar refractivity (Wildman–Crippen MR) is 72.0 cm³/mol. The molecule has 1 fully saturated rings. The van der Waals surface area contributed by atoms with Crippen LogP contribution in [0.25, 0.3) is 0 Å². The van der Waals surface area contributed by atoms with Crippen LogP contribution in [-0.2, 0) is 0 Å². The molecule has 1 aliphatic rings. The highest BCUT2D eigenvalue weighted by atomic mass is 32.2. The molecule has 106 valence electrons. The van der Waals surface area contributed by atoms with Gasteiger partial charge in [-0.2, -0.15) is 8.78 Å².